The topological polar surface area (TPSA) is 94.5 Å². The van der Waals surface area contributed by atoms with Crippen molar-refractivity contribution >= 4 is 11.9 Å². The third-order valence-electron chi connectivity index (χ3n) is 7.10. The molecule has 0 radical (unpaired) electrons. The molecule has 2 unspecified atom stereocenters. The molecular formula is C23H33NO7. The predicted molar refractivity (Wildman–Crippen MR) is 111 cm³/mol. The summed E-state index contributed by atoms with van der Waals surface area (Å²) in [4.78, 5) is 27.2. The summed E-state index contributed by atoms with van der Waals surface area (Å²) in [6.07, 6.45) is 1.08. The predicted octanol–water partition coefficient (Wildman–Crippen LogP) is 1.57. The lowest BCUT2D eigenvalue weighted by Crippen LogP contribution is -2.54. The number of ether oxygens (including phenoxy) is 4. The molecule has 4 aliphatic heterocycles. The van der Waals surface area contributed by atoms with Crippen molar-refractivity contribution in [1.29, 1.82) is 0 Å². The lowest BCUT2D eigenvalue weighted by atomic mass is 9.79. The van der Waals surface area contributed by atoms with Gasteiger partial charge in [0, 0.05) is 37.5 Å². The first-order chi connectivity index (χ1) is 14.5. The van der Waals surface area contributed by atoms with Crippen LogP contribution in [0.4, 0.5) is 0 Å². The Hall–Kier alpha value is -1.74. The third-order valence-corrected chi connectivity index (χ3v) is 7.10. The molecule has 0 amide bonds. The van der Waals surface area contributed by atoms with Crippen molar-refractivity contribution in [1.82, 2.24) is 4.90 Å². The van der Waals surface area contributed by atoms with Gasteiger partial charge in [0.05, 0.1) is 30.7 Å². The minimum atomic E-state index is -1.49. The van der Waals surface area contributed by atoms with Crippen LogP contribution in [0.25, 0.3) is 0 Å². The summed E-state index contributed by atoms with van der Waals surface area (Å²) in [7, 11) is 0. The van der Waals surface area contributed by atoms with Gasteiger partial charge < -0.3 is 24.1 Å². The average Bonchev–Trinajstić information content (AvgIpc) is 3.15. The van der Waals surface area contributed by atoms with Crippen LogP contribution in [0.3, 0.4) is 0 Å². The molecule has 3 saturated heterocycles. The molecule has 4 aliphatic rings. The molecule has 3 fully saturated rings. The Morgan fingerprint density at radius 2 is 2.00 bits per heavy atom. The molecule has 172 valence electrons. The van der Waals surface area contributed by atoms with E-state index >= 15 is 0 Å². The first-order valence-electron chi connectivity index (χ1n) is 11.1. The number of carbonyl (C=O) groups is 2. The number of esters is 2. The van der Waals surface area contributed by atoms with Crippen molar-refractivity contribution in [3.05, 3.63) is 23.8 Å². The Morgan fingerprint density at radius 1 is 1.32 bits per heavy atom. The van der Waals surface area contributed by atoms with E-state index in [9.17, 15) is 14.7 Å². The number of aliphatic hydroxyl groups is 1. The van der Waals surface area contributed by atoms with Crippen molar-refractivity contribution in [2.45, 2.75) is 70.2 Å². The minimum absolute atomic E-state index is 0.104. The van der Waals surface area contributed by atoms with Gasteiger partial charge in [0.2, 0.25) is 0 Å². The van der Waals surface area contributed by atoms with E-state index in [0.29, 0.717) is 31.6 Å². The van der Waals surface area contributed by atoms with Gasteiger partial charge in [0.1, 0.15) is 12.2 Å². The molecule has 4 heterocycles. The lowest BCUT2D eigenvalue weighted by Gasteiger charge is -2.42. The molecule has 0 aromatic carbocycles. The number of hydrogen-bond donors (Lipinski definition) is 1. The van der Waals surface area contributed by atoms with E-state index in [0.717, 1.165) is 13.1 Å². The number of morpholine rings is 1. The van der Waals surface area contributed by atoms with Crippen LogP contribution in [-0.2, 0) is 28.5 Å². The Balaban J connectivity index is 1.76. The fourth-order valence-corrected chi connectivity index (χ4v) is 5.28. The van der Waals surface area contributed by atoms with Crippen molar-refractivity contribution in [2.24, 2.45) is 11.8 Å². The van der Waals surface area contributed by atoms with E-state index in [1.807, 2.05) is 6.92 Å². The molecule has 31 heavy (non-hydrogen) atoms. The molecule has 2 bridgehead atoms. The summed E-state index contributed by atoms with van der Waals surface area (Å²) in [5, 5.41) is 11.5. The summed E-state index contributed by atoms with van der Waals surface area (Å²) in [6.45, 7) is 13.9. The van der Waals surface area contributed by atoms with E-state index < -0.39 is 35.5 Å². The van der Waals surface area contributed by atoms with E-state index in [2.05, 4.69) is 11.5 Å². The normalized spacial score (nSPS) is 42.8. The van der Waals surface area contributed by atoms with Gasteiger partial charge in [-0.25, -0.2) is 4.79 Å². The van der Waals surface area contributed by atoms with Gasteiger partial charge in [0.15, 0.2) is 5.79 Å². The lowest BCUT2D eigenvalue weighted by molar-refractivity contribution is -0.208. The first kappa shape index (κ1) is 22.5. The molecule has 0 aromatic heterocycles. The first-order valence-corrected chi connectivity index (χ1v) is 11.1. The van der Waals surface area contributed by atoms with Gasteiger partial charge in [-0.3, -0.25) is 9.69 Å². The molecule has 6 atom stereocenters. The van der Waals surface area contributed by atoms with Crippen LogP contribution in [0.5, 0.6) is 0 Å². The highest BCUT2D eigenvalue weighted by Crippen LogP contribution is 2.49. The zero-order chi connectivity index (χ0) is 22.6. The van der Waals surface area contributed by atoms with Gasteiger partial charge in [-0.15, -0.1) is 0 Å². The molecule has 0 aromatic rings. The maximum atomic E-state index is 12.6. The second kappa shape index (κ2) is 7.99. The fraction of sp³-hybridized carbons (Fsp3) is 0.739. The molecule has 0 spiro atoms. The summed E-state index contributed by atoms with van der Waals surface area (Å²) in [6, 6.07) is -0.104. The molecule has 1 N–H and O–H groups in total. The van der Waals surface area contributed by atoms with Gasteiger partial charge in [-0.2, -0.15) is 0 Å². The highest BCUT2D eigenvalue weighted by Gasteiger charge is 2.59. The quantitative estimate of drug-likeness (QED) is 0.406. The maximum absolute atomic E-state index is 12.6. The van der Waals surface area contributed by atoms with Crippen LogP contribution in [0.15, 0.2) is 23.8 Å². The van der Waals surface area contributed by atoms with Gasteiger partial charge >= 0.3 is 11.9 Å². The fourth-order valence-electron chi connectivity index (χ4n) is 5.28. The SMILES string of the molecule is C=C1C(=O)O[C@@H]2/C=C(\C)[C@@]3(O)CC(N4CCOCC4)[C@@](C)(CC(OC(=O)C(C)C)[C@@H]12)O3. The largest absolute Gasteiger partial charge is 0.461 e. The Labute approximate surface area is 183 Å². The Bertz CT molecular complexity index is 802. The zero-order valence-electron chi connectivity index (χ0n) is 18.8. The summed E-state index contributed by atoms with van der Waals surface area (Å²) >= 11 is 0. The van der Waals surface area contributed by atoms with E-state index in [-0.39, 0.29) is 23.5 Å². The third kappa shape index (κ3) is 3.95. The van der Waals surface area contributed by atoms with Crippen LogP contribution < -0.4 is 0 Å². The summed E-state index contributed by atoms with van der Waals surface area (Å²) in [5.74, 6) is -3.19. The number of fused-ring (bicyclic) bond motifs is 3. The number of carbonyl (C=O) groups excluding carboxylic acids is 2. The standard InChI is InChI=1S/C23H33NO7/c1-13(2)20(25)30-17-11-22(5)18(24-6-8-28-9-7-24)12-23(27,31-22)14(3)10-16-19(17)15(4)21(26)29-16/h10,13,16-19,27H,4,6-9,11-12H2,1-3,5H3/b14-10+/t16-,17?,18?,19+,22-,23-/m1/s1. The van der Waals surface area contributed by atoms with Gasteiger partial charge in [-0.05, 0) is 25.5 Å². The van der Waals surface area contributed by atoms with Crippen LogP contribution in [0.1, 0.15) is 40.5 Å². The van der Waals surface area contributed by atoms with Crippen molar-refractivity contribution in [3.63, 3.8) is 0 Å². The molecule has 8 heteroatoms. The van der Waals surface area contributed by atoms with E-state index in [4.69, 9.17) is 18.9 Å². The molecule has 0 aliphatic carbocycles. The highest BCUT2D eigenvalue weighted by atomic mass is 16.6. The van der Waals surface area contributed by atoms with Crippen LogP contribution in [0.2, 0.25) is 0 Å². The van der Waals surface area contributed by atoms with Crippen LogP contribution in [-0.4, -0.2) is 77.9 Å². The monoisotopic (exact) mass is 435 g/mol. The zero-order valence-corrected chi connectivity index (χ0v) is 18.8. The average molecular weight is 436 g/mol. The summed E-state index contributed by atoms with van der Waals surface area (Å²) in [5.41, 5.74) is 0.0546. The number of nitrogens with zero attached hydrogens (tertiary/aromatic N) is 1. The maximum Gasteiger partial charge on any atom is 0.334 e. The van der Waals surface area contributed by atoms with Crippen molar-refractivity contribution in [3.8, 4) is 0 Å². The summed E-state index contributed by atoms with van der Waals surface area (Å²) < 4.78 is 23.4. The molecule has 8 nitrogen and oxygen atoms in total. The number of rotatable bonds is 3. The molecule has 4 rings (SSSR count). The molecular weight excluding hydrogens is 402 g/mol. The molecule has 0 saturated carbocycles. The van der Waals surface area contributed by atoms with E-state index in [1.165, 1.54) is 0 Å². The van der Waals surface area contributed by atoms with Gasteiger partial charge in [-0.1, -0.05) is 20.4 Å². The Morgan fingerprint density at radius 3 is 2.65 bits per heavy atom. The Kier molecular flexibility index (Phi) is 5.79. The number of hydrogen-bond acceptors (Lipinski definition) is 8. The van der Waals surface area contributed by atoms with Crippen LogP contribution >= 0.6 is 0 Å². The second-order valence-electron chi connectivity index (χ2n) is 9.67. The van der Waals surface area contributed by atoms with E-state index in [1.54, 1.807) is 26.8 Å². The minimum Gasteiger partial charge on any atom is -0.461 e. The smallest absolute Gasteiger partial charge is 0.334 e. The van der Waals surface area contributed by atoms with Crippen molar-refractivity contribution < 1.29 is 33.6 Å². The van der Waals surface area contributed by atoms with Gasteiger partial charge in [0.25, 0.3) is 0 Å². The highest BCUT2D eigenvalue weighted by molar-refractivity contribution is 5.91. The van der Waals surface area contributed by atoms with Crippen molar-refractivity contribution in [2.75, 3.05) is 26.3 Å². The van der Waals surface area contributed by atoms with Crippen LogP contribution in [0, 0.1) is 11.8 Å². The second-order valence-corrected chi connectivity index (χ2v) is 9.67.